The number of urea groups is 1. The summed E-state index contributed by atoms with van der Waals surface area (Å²) >= 11 is 0. The summed E-state index contributed by atoms with van der Waals surface area (Å²) in [6, 6.07) is 3.19. The molecule has 3 aliphatic heterocycles. The fourth-order valence-electron chi connectivity index (χ4n) is 6.72. The molecule has 224 valence electrons. The Labute approximate surface area is 243 Å². The largest absolute Gasteiger partial charge is 0.332 e. The van der Waals surface area contributed by atoms with Crippen LogP contribution in [-0.4, -0.2) is 78.3 Å². The molecule has 3 fully saturated rings. The lowest BCUT2D eigenvalue weighted by atomic mass is 9.82. The second-order valence-electron chi connectivity index (χ2n) is 13.0. The van der Waals surface area contributed by atoms with Gasteiger partial charge in [0.15, 0.2) is 0 Å². The quantitative estimate of drug-likeness (QED) is 0.512. The molecular formula is C30H43N5O5S. The molecule has 0 radical (unpaired) electrons. The third-order valence-electron chi connectivity index (χ3n) is 9.94. The van der Waals surface area contributed by atoms with Gasteiger partial charge < -0.3 is 10.2 Å². The Bertz CT molecular complexity index is 1380. The maximum Gasteiger partial charge on any atom is 0.332 e. The number of hydrogen-bond acceptors (Lipinski definition) is 6. The topological polar surface area (TPSA) is 119 Å². The Morgan fingerprint density at radius 2 is 1.59 bits per heavy atom. The van der Waals surface area contributed by atoms with Gasteiger partial charge in [0.05, 0.1) is 11.4 Å². The highest BCUT2D eigenvalue weighted by Gasteiger charge is 2.50. The molecule has 4 amide bonds. The van der Waals surface area contributed by atoms with Gasteiger partial charge in [0, 0.05) is 26.1 Å². The van der Waals surface area contributed by atoms with E-state index >= 15 is 0 Å². The molecule has 1 aliphatic carbocycles. The molecule has 41 heavy (non-hydrogen) atoms. The number of carbonyl (C=O) groups is 3. The number of amides is 4. The van der Waals surface area contributed by atoms with Gasteiger partial charge in [-0.1, -0.05) is 19.8 Å². The summed E-state index contributed by atoms with van der Waals surface area (Å²) in [4.78, 5) is 46.3. The Kier molecular flexibility index (Phi) is 7.59. The molecule has 0 unspecified atom stereocenters. The predicted octanol–water partition coefficient (Wildman–Crippen LogP) is 3.54. The van der Waals surface area contributed by atoms with E-state index in [1.165, 1.54) is 14.1 Å². The number of nitrogens with one attached hydrogen (secondary N) is 1. The van der Waals surface area contributed by atoms with Gasteiger partial charge in [-0.05, 0) is 94.5 Å². The number of amidine groups is 1. The average molecular weight is 586 g/mol. The molecule has 1 spiro atoms. The van der Waals surface area contributed by atoms with Crippen LogP contribution < -0.4 is 10.2 Å². The van der Waals surface area contributed by atoms with E-state index in [4.69, 9.17) is 4.99 Å². The monoisotopic (exact) mass is 585 g/mol. The number of nitrogens with zero attached hydrogens (tertiary/aromatic N) is 4. The Hall–Kier alpha value is -2.79. The van der Waals surface area contributed by atoms with Crippen molar-refractivity contribution in [3.8, 4) is 0 Å². The molecule has 1 saturated carbocycles. The lowest BCUT2D eigenvalue weighted by Crippen LogP contribution is -2.51. The van der Waals surface area contributed by atoms with Crippen molar-refractivity contribution >= 4 is 39.4 Å². The third kappa shape index (κ3) is 5.20. The summed E-state index contributed by atoms with van der Waals surface area (Å²) in [5, 5.41) is 3.04. The number of rotatable bonds is 6. The number of imide groups is 1. The fraction of sp³-hybridized carbons (Fsp3) is 0.667. The number of hydrogen-bond donors (Lipinski definition) is 1. The first-order valence-corrected chi connectivity index (χ1v) is 16.4. The molecule has 2 saturated heterocycles. The smallest absolute Gasteiger partial charge is 0.313 e. The number of benzene rings is 1. The lowest BCUT2D eigenvalue weighted by molar-refractivity contribution is -0.125. The molecule has 4 aliphatic rings. The molecule has 0 aromatic heterocycles. The van der Waals surface area contributed by atoms with Crippen molar-refractivity contribution < 1.29 is 22.8 Å². The van der Waals surface area contributed by atoms with Crippen LogP contribution in [0.15, 0.2) is 17.1 Å². The van der Waals surface area contributed by atoms with E-state index in [0.717, 1.165) is 48.2 Å². The van der Waals surface area contributed by atoms with E-state index in [2.05, 4.69) is 12.2 Å². The maximum atomic E-state index is 13.4. The standard InChI is InChI=1S/C30H43N5O5S/c1-19-7-9-22(10-8-19)25-31-26(36)30(32-25)12-14-34(15-13-30)41(39,40)16-11-24-20(2)17-23(18-21(24)3)35-27(37)29(4,5)33(6)28(35)38/h17-19,22H,7-16H2,1-6H3,(H,31,32,36). The van der Waals surface area contributed by atoms with Gasteiger partial charge in [0.25, 0.3) is 11.8 Å². The minimum absolute atomic E-state index is 0.0562. The van der Waals surface area contributed by atoms with Gasteiger partial charge in [-0.15, -0.1) is 0 Å². The predicted molar refractivity (Wildman–Crippen MR) is 158 cm³/mol. The van der Waals surface area contributed by atoms with Gasteiger partial charge in [-0.25, -0.2) is 22.4 Å². The Balaban J connectivity index is 1.23. The zero-order valence-electron chi connectivity index (χ0n) is 25.1. The highest BCUT2D eigenvalue weighted by Crippen LogP contribution is 2.37. The molecule has 1 aromatic rings. The number of anilines is 1. The van der Waals surface area contributed by atoms with Crippen molar-refractivity contribution in [1.29, 1.82) is 0 Å². The van der Waals surface area contributed by atoms with Gasteiger partial charge >= 0.3 is 6.03 Å². The van der Waals surface area contributed by atoms with Crippen molar-refractivity contribution in [2.24, 2.45) is 16.8 Å². The van der Waals surface area contributed by atoms with Gasteiger partial charge in [0.2, 0.25) is 10.0 Å². The van der Waals surface area contributed by atoms with E-state index in [0.29, 0.717) is 36.8 Å². The summed E-state index contributed by atoms with van der Waals surface area (Å²) in [6.45, 7) is 10.0. The van der Waals surface area contributed by atoms with Gasteiger partial charge in [-0.3, -0.25) is 14.6 Å². The van der Waals surface area contributed by atoms with Crippen LogP contribution in [-0.2, 0) is 26.0 Å². The molecule has 3 heterocycles. The second kappa shape index (κ2) is 10.5. The van der Waals surface area contributed by atoms with Crippen LogP contribution in [0, 0.1) is 25.7 Å². The number of likely N-dealkylation sites (N-methyl/N-ethyl adjacent to an activating group) is 1. The molecule has 1 N–H and O–H groups in total. The molecule has 11 heteroatoms. The van der Waals surface area contributed by atoms with E-state index in [9.17, 15) is 22.8 Å². The molecule has 1 aromatic carbocycles. The van der Waals surface area contributed by atoms with Crippen LogP contribution in [0.25, 0.3) is 0 Å². The number of aliphatic imine (C=N–C) groups is 1. The summed E-state index contributed by atoms with van der Waals surface area (Å²) in [7, 11) is -1.94. The van der Waals surface area contributed by atoms with Crippen LogP contribution in [0.4, 0.5) is 10.5 Å². The normalized spacial score (nSPS) is 26.6. The first kappa shape index (κ1) is 29.7. The summed E-state index contributed by atoms with van der Waals surface area (Å²) < 4.78 is 28.2. The van der Waals surface area contributed by atoms with Crippen molar-refractivity contribution in [3.05, 3.63) is 28.8 Å². The maximum absolute atomic E-state index is 13.4. The van der Waals surface area contributed by atoms with Crippen molar-refractivity contribution in [2.75, 3.05) is 30.8 Å². The number of aryl methyl sites for hydroxylation is 2. The van der Waals surface area contributed by atoms with E-state index in [1.54, 1.807) is 33.0 Å². The molecule has 10 nitrogen and oxygen atoms in total. The highest BCUT2D eigenvalue weighted by atomic mass is 32.2. The van der Waals surface area contributed by atoms with Crippen LogP contribution in [0.2, 0.25) is 0 Å². The molecule has 5 rings (SSSR count). The minimum Gasteiger partial charge on any atom is -0.313 e. The van der Waals surface area contributed by atoms with Crippen LogP contribution in [0.1, 0.15) is 76.0 Å². The Morgan fingerprint density at radius 3 is 2.12 bits per heavy atom. The lowest BCUT2D eigenvalue weighted by Gasteiger charge is -2.34. The van der Waals surface area contributed by atoms with E-state index < -0.39 is 21.1 Å². The number of carbonyl (C=O) groups excluding carboxylic acids is 3. The van der Waals surface area contributed by atoms with Crippen LogP contribution >= 0.6 is 0 Å². The zero-order chi connectivity index (χ0) is 29.9. The van der Waals surface area contributed by atoms with Gasteiger partial charge in [0.1, 0.15) is 16.9 Å². The number of sulfonamides is 1. The number of piperidine rings is 1. The van der Waals surface area contributed by atoms with Gasteiger partial charge in [-0.2, -0.15) is 0 Å². The molecule has 0 bridgehead atoms. The molecule has 0 atom stereocenters. The molecular weight excluding hydrogens is 542 g/mol. The average Bonchev–Trinajstić information content (AvgIpc) is 3.30. The second-order valence-corrected chi connectivity index (χ2v) is 15.1. The first-order valence-electron chi connectivity index (χ1n) is 14.8. The van der Waals surface area contributed by atoms with Crippen molar-refractivity contribution in [1.82, 2.24) is 14.5 Å². The minimum atomic E-state index is -3.56. The summed E-state index contributed by atoms with van der Waals surface area (Å²) in [6.07, 6.45) is 5.46. The zero-order valence-corrected chi connectivity index (χ0v) is 25.9. The highest BCUT2D eigenvalue weighted by molar-refractivity contribution is 7.89. The van der Waals surface area contributed by atoms with Crippen LogP contribution in [0.5, 0.6) is 0 Å². The fourth-order valence-corrected chi connectivity index (χ4v) is 8.18. The SMILES string of the molecule is Cc1cc(N2C(=O)N(C)C(C)(C)C2=O)cc(C)c1CCS(=O)(=O)N1CCC2(CC1)N=C(C1CCC(C)CC1)NC2=O. The van der Waals surface area contributed by atoms with Crippen molar-refractivity contribution in [3.63, 3.8) is 0 Å². The first-order chi connectivity index (χ1) is 19.2. The third-order valence-corrected chi connectivity index (χ3v) is 11.8. The van der Waals surface area contributed by atoms with E-state index in [1.807, 2.05) is 13.8 Å². The summed E-state index contributed by atoms with van der Waals surface area (Å²) in [5.74, 6) is 1.38. The van der Waals surface area contributed by atoms with E-state index in [-0.39, 0.29) is 36.7 Å². The van der Waals surface area contributed by atoms with Crippen LogP contribution in [0.3, 0.4) is 0 Å². The summed E-state index contributed by atoms with van der Waals surface area (Å²) in [5.41, 5.74) is 1.28. The Morgan fingerprint density at radius 1 is 1.00 bits per heavy atom. The van der Waals surface area contributed by atoms with Crippen molar-refractivity contribution in [2.45, 2.75) is 90.6 Å².